The van der Waals surface area contributed by atoms with Crippen molar-refractivity contribution in [1.82, 2.24) is 0 Å². The minimum Gasteiger partial charge on any atom is -0.287 e. The van der Waals surface area contributed by atoms with Crippen LogP contribution in [-0.4, -0.2) is 11.5 Å². The molecule has 4 heteroatoms. The Morgan fingerprint density at radius 3 is 2.70 bits per heavy atom. The van der Waals surface area contributed by atoms with Gasteiger partial charge in [0.1, 0.15) is 5.82 Å². The van der Waals surface area contributed by atoms with Gasteiger partial charge in [-0.1, -0.05) is 18.2 Å². The molecule has 3 aromatic rings. The van der Waals surface area contributed by atoms with Crippen LogP contribution >= 0.6 is 11.8 Å². The lowest BCUT2D eigenvalue weighted by molar-refractivity contribution is -0.706. The SMILES string of the molecule is O=C1c2ccc(F)cc2CC1[n+]1ccc(-c2cccc3c2SCCC3)cc1. The number of halogens is 1. The maximum atomic E-state index is 13.5. The summed E-state index contributed by atoms with van der Waals surface area (Å²) in [6, 6.07) is 14.9. The first-order valence-electron chi connectivity index (χ1n) is 9.29. The minimum absolute atomic E-state index is 0.0652. The van der Waals surface area contributed by atoms with Crippen LogP contribution in [0.3, 0.4) is 0 Å². The number of thioether (sulfide) groups is 1. The second kappa shape index (κ2) is 6.61. The van der Waals surface area contributed by atoms with E-state index in [0.717, 1.165) is 12.0 Å². The van der Waals surface area contributed by atoms with Crippen LogP contribution in [0.15, 0.2) is 65.8 Å². The maximum absolute atomic E-state index is 13.5. The Hall–Kier alpha value is -2.46. The van der Waals surface area contributed by atoms with E-state index >= 15 is 0 Å². The molecular weight excluding hydrogens is 357 g/mol. The third kappa shape index (κ3) is 2.88. The standard InChI is InChI=1S/C23H19FNOS/c24-18-6-7-19-17(13-18)14-21(22(19)26)25-10-8-15(9-11-25)20-5-1-3-16-4-2-12-27-23(16)20/h1,3,5-11,13,21H,2,4,12,14H2/q+1. The van der Waals surface area contributed by atoms with Gasteiger partial charge in [-0.15, -0.1) is 11.8 Å². The number of carbonyl (C=O) groups excluding carboxylic acids is 1. The van der Waals surface area contributed by atoms with Crippen LogP contribution in [0.1, 0.15) is 33.9 Å². The molecule has 2 nitrogen and oxygen atoms in total. The van der Waals surface area contributed by atoms with Gasteiger partial charge in [-0.3, -0.25) is 4.79 Å². The van der Waals surface area contributed by atoms with Crippen LogP contribution < -0.4 is 4.57 Å². The zero-order valence-electron chi connectivity index (χ0n) is 14.8. The van der Waals surface area contributed by atoms with Crippen LogP contribution in [0.5, 0.6) is 0 Å². The molecule has 27 heavy (non-hydrogen) atoms. The summed E-state index contributed by atoms with van der Waals surface area (Å²) in [7, 11) is 0. The molecule has 134 valence electrons. The van der Waals surface area contributed by atoms with Gasteiger partial charge in [-0.05, 0) is 59.0 Å². The molecule has 1 aromatic heterocycles. The molecule has 1 atom stereocenters. The van der Waals surface area contributed by atoms with Gasteiger partial charge in [0.25, 0.3) is 0 Å². The van der Waals surface area contributed by atoms with Gasteiger partial charge >= 0.3 is 0 Å². The largest absolute Gasteiger partial charge is 0.287 e. The molecule has 1 aliphatic heterocycles. The van der Waals surface area contributed by atoms with Gasteiger partial charge in [0.2, 0.25) is 11.8 Å². The second-order valence-electron chi connectivity index (χ2n) is 7.17. The van der Waals surface area contributed by atoms with E-state index < -0.39 is 0 Å². The smallest absolute Gasteiger partial charge is 0.231 e. The zero-order chi connectivity index (χ0) is 18.4. The van der Waals surface area contributed by atoms with Crippen molar-refractivity contribution in [3.63, 3.8) is 0 Å². The summed E-state index contributed by atoms with van der Waals surface area (Å²) in [6.45, 7) is 0. The molecule has 0 spiro atoms. The average molecular weight is 376 g/mol. The summed E-state index contributed by atoms with van der Waals surface area (Å²) in [6.07, 6.45) is 6.89. The van der Waals surface area contributed by atoms with Crippen molar-refractivity contribution >= 4 is 17.5 Å². The maximum Gasteiger partial charge on any atom is 0.231 e. The number of carbonyl (C=O) groups is 1. The lowest BCUT2D eigenvalue weighted by Crippen LogP contribution is -2.42. The Labute approximate surface area is 162 Å². The third-order valence-corrected chi connectivity index (χ3v) is 6.77. The number of hydrogen-bond donors (Lipinski definition) is 0. The molecule has 0 saturated carbocycles. The topological polar surface area (TPSA) is 20.9 Å². The van der Waals surface area contributed by atoms with Gasteiger partial charge in [-0.2, -0.15) is 4.57 Å². The number of hydrogen-bond acceptors (Lipinski definition) is 2. The highest BCUT2D eigenvalue weighted by atomic mass is 32.2. The number of Topliss-reactive ketones (excluding diaryl/α,β-unsaturated/α-hetero) is 1. The lowest BCUT2D eigenvalue weighted by atomic mass is 10.0. The number of nitrogens with zero attached hydrogens (tertiary/aromatic N) is 1. The molecule has 2 heterocycles. The highest BCUT2D eigenvalue weighted by molar-refractivity contribution is 7.99. The van der Waals surface area contributed by atoms with E-state index in [4.69, 9.17) is 0 Å². The number of pyridine rings is 1. The summed E-state index contributed by atoms with van der Waals surface area (Å²) >= 11 is 1.94. The lowest BCUT2D eigenvalue weighted by Gasteiger charge is -2.18. The van der Waals surface area contributed by atoms with Crippen molar-refractivity contribution in [2.75, 3.05) is 5.75 Å². The highest BCUT2D eigenvalue weighted by Gasteiger charge is 2.37. The number of aromatic nitrogens is 1. The summed E-state index contributed by atoms with van der Waals surface area (Å²) in [5, 5.41) is 0. The van der Waals surface area contributed by atoms with E-state index in [0.29, 0.717) is 12.0 Å². The second-order valence-corrected chi connectivity index (χ2v) is 8.27. The van der Waals surface area contributed by atoms with Crippen LogP contribution in [0, 0.1) is 5.82 Å². The molecule has 0 N–H and O–H groups in total. The minimum atomic E-state index is -0.283. The Kier molecular flexibility index (Phi) is 4.09. The highest BCUT2D eigenvalue weighted by Crippen LogP contribution is 2.38. The van der Waals surface area contributed by atoms with Crippen molar-refractivity contribution in [1.29, 1.82) is 0 Å². The summed E-state index contributed by atoms with van der Waals surface area (Å²) < 4.78 is 15.4. The Bertz CT molecular complexity index is 1040. The fraction of sp³-hybridized carbons (Fsp3) is 0.217. The van der Waals surface area contributed by atoms with E-state index in [9.17, 15) is 9.18 Å². The molecule has 1 aliphatic carbocycles. The van der Waals surface area contributed by atoms with Crippen molar-refractivity contribution in [3.05, 3.63) is 83.4 Å². The molecule has 2 aliphatic rings. The molecule has 2 aromatic carbocycles. The molecule has 0 radical (unpaired) electrons. The molecular formula is C23H19FNOS+. The van der Waals surface area contributed by atoms with Crippen molar-refractivity contribution < 1.29 is 13.8 Å². The summed E-state index contributed by atoms with van der Waals surface area (Å²) in [5.41, 5.74) is 5.32. The molecule has 0 amide bonds. The molecule has 0 bridgehead atoms. The Balaban J connectivity index is 1.46. The summed E-state index contributed by atoms with van der Waals surface area (Å²) in [5.74, 6) is 0.951. The van der Waals surface area contributed by atoms with Gasteiger partial charge in [0.15, 0.2) is 12.4 Å². The van der Waals surface area contributed by atoms with Crippen molar-refractivity contribution in [2.24, 2.45) is 0 Å². The predicted molar refractivity (Wildman–Crippen MR) is 105 cm³/mol. The molecule has 0 fully saturated rings. The van der Waals surface area contributed by atoms with Crippen LogP contribution in [0.4, 0.5) is 4.39 Å². The Morgan fingerprint density at radius 1 is 1.00 bits per heavy atom. The van der Waals surface area contributed by atoms with Gasteiger partial charge in [0, 0.05) is 29.0 Å². The monoisotopic (exact) mass is 376 g/mol. The number of ketones is 1. The molecule has 0 saturated heterocycles. The fourth-order valence-electron chi connectivity index (χ4n) is 4.13. The van der Waals surface area contributed by atoms with Gasteiger partial charge in [0.05, 0.1) is 0 Å². The molecule has 1 unspecified atom stereocenters. The predicted octanol–water partition coefficient (Wildman–Crippen LogP) is 4.80. The van der Waals surface area contributed by atoms with E-state index in [1.807, 2.05) is 28.7 Å². The first-order chi connectivity index (χ1) is 13.2. The number of benzene rings is 2. The van der Waals surface area contributed by atoms with E-state index in [1.54, 1.807) is 6.07 Å². The van der Waals surface area contributed by atoms with Crippen LogP contribution in [0.2, 0.25) is 0 Å². The van der Waals surface area contributed by atoms with Crippen LogP contribution in [-0.2, 0) is 12.8 Å². The Morgan fingerprint density at radius 2 is 1.85 bits per heavy atom. The van der Waals surface area contributed by atoms with Crippen LogP contribution in [0.25, 0.3) is 11.1 Å². The first-order valence-corrected chi connectivity index (χ1v) is 10.3. The molecule has 5 rings (SSSR count). The first kappa shape index (κ1) is 16.7. The van der Waals surface area contributed by atoms with Gasteiger partial charge < -0.3 is 0 Å². The van der Waals surface area contributed by atoms with E-state index in [-0.39, 0.29) is 17.6 Å². The zero-order valence-corrected chi connectivity index (χ0v) is 15.6. The summed E-state index contributed by atoms with van der Waals surface area (Å²) in [4.78, 5) is 14.1. The number of fused-ring (bicyclic) bond motifs is 2. The van der Waals surface area contributed by atoms with Gasteiger partial charge in [-0.25, -0.2) is 4.39 Å². The number of rotatable bonds is 2. The van der Waals surface area contributed by atoms with Crippen molar-refractivity contribution in [3.8, 4) is 11.1 Å². The average Bonchev–Trinajstić information content (AvgIpc) is 3.03. The van der Waals surface area contributed by atoms with E-state index in [2.05, 4.69) is 30.3 Å². The van der Waals surface area contributed by atoms with Crippen molar-refractivity contribution in [2.45, 2.75) is 30.2 Å². The normalized spacial score (nSPS) is 18.3. The van der Waals surface area contributed by atoms with E-state index in [1.165, 1.54) is 45.9 Å². The quantitative estimate of drug-likeness (QED) is 0.599. The number of aryl methyl sites for hydroxylation is 1. The fourth-order valence-corrected chi connectivity index (χ4v) is 5.32. The third-order valence-electron chi connectivity index (χ3n) is 5.51.